The van der Waals surface area contributed by atoms with Crippen molar-refractivity contribution in [3.05, 3.63) is 107 Å². The number of rotatable bonds is 9. The van der Waals surface area contributed by atoms with Gasteiger partial charge in [-0.15, -0.1) is 0 Å². The highest BCUT2D eigenvalue weighted by Crippen LogP contribution is 2.43. The molecule has 1 atom stereocenters. The summed E-state index contributed by atoms with van der Waals surface area (Å²) in [5.41, 5.74) is 20.3. The van der Waals surface area contributed by atoms with Crippen LogP contribution >= 0.6 is 0 Å². The number of benzene rings is 2. The molecule has 0 aliphatic carbocycles. The predicted octanol–water partition coefficient (Wildman–Crippen LogP) is 4.48. The Morgan fingerprint density at radius 2 is 1.87 bits per heavy atom. The van der Waals surface area contributed by atoms with Gasteiger partial charge in [0.1, 0.15) is 12.2 Å². The maximum Gasteiger partial charge on any atom is 0.234 e. The largest absolute Gasteiger partial charge is 0.398 e. The zero-order valence-electron chi connectivity index (χ0n) is 27.2. The monoisotopic (exact) mass is 629 g/mol. The van der Waals surface area contributed by atoms with Crippen LogP contribution < -0.4 is 16.4 Å². The molecule has 3 aliphatic heterocycles. The fourth-order valence-corrected chi connectivity index (χ4v) is 6.95. The van der Waals surface area contributed by atoms with Crippen LogP contribution in [0.3, 0.4) is 0 Å². The van der Waals surface area contributed by atoms with Crippen molar-refractivity contribution in [1.82, 2.24) is 14.8 Å². The Morgan fingerprint density at radius 3 is 2.60 bits per heavy atom. The summed E-state index contributed by atoms with van der Waals surface area (Å²) in [6, 6.07) is 17.5. The summed E-state index contributed by atoms with van der Waals surface area (Å²) >= 11 is 0. The first kappa shape index (κ1) is 31.9. The lowest BCUT2D eigenvalue weighted by Crippen LogP contribution is -2.38. The van der Waals surface area contributed by atoms with E-state index in [4.69, 9.17) is 16.9 Å². The van der Waals surface area contributed by atoms with Crippen LogP contribution in [-0.2, 0) is 4.79 Å². The van der Waals surface area contributed by atoms with Crippen molar-refractivity contribution < 1.29 is 4.79 Å². The third kappa shape index (κ3) is 6.59. The van der Waals surface area contributed by atoms with Gasteiger partial charge in [-0.2, -0.15) is 0 Å². The molecule has 2 fully saturated rings. The van der Waals surface area contributed by atoms with Crippen molar-refractivity contribution in [3.8, 4) is 0 Å². The van der Waals surface area contributed by atoms with Crippen molar-refractivity contribution in [2.75, 3.05) is 56.9 Å². The van der Waals surface area contributed by atoms with Crippen LogP contribution in [-0.4, -0.2) is 84.9 Å². The molecule has 4 heterocycles. The fraction of sp³-hybridized carbons (Fsp3) is 0.324. The number of carbonyl (C=O) groups is 1. The van der Waals surface area contributed by atoms with E-state index in [1.807, 2.05) is 48.2 Å². The number of pyridine rings is 1. The molecular formula is C37H43N9O. The summed E-state index contributed by atoms with van der Waals surface area (Å²) in [4.78, 5) is 32.8. The minimum absolute atomic E-state index is 0.163. The second kappa shape index (κ2) is 13.3. The molecule has 1 amide bonds. The summed E-state index contributed by atoms with van der Waals surface area (Å²) in [5.74, 6) is 0.612. The zero-order valence-corrected chi connectivity index (χ0v) is 27.2. The van der Waals surface area contributed by atoms with Crippen LogP contribution in [0.15, 0.2) is 89.1 Å². The normalized spacial score (nSPS) is 20.4. The Labute approximate surface area is 276 Å². The number of hydrogen-bond acceptors (Lipinski definition) is 7. The van der Waals surface area contributed by atoms with E-state index in [0.717, 1.165) is 80.2 Å². The molecule has 0 radical (unpaired) electrons. The van der Waals surface area contributed by atoms with E-state index < -0.39 is 5.41 Å². The lowest BCUT2D eigenvalue weighted by Gasteiger charge is -2.32. The minimum atomic E-state index is -0.393. The van der Waals surface area contributed by atoms with Gasteiger partial charge in [-0.25, -0.2) is 4.99 Å². The Bertz CT molecular complexity index is 1790. The SMILES string of the molecule is C=C(CN1CC[C@@]2(CCN(c3ccc(N)c(C(=N)c4ccnc(C)c4)c3)C2=O)C1)N1CC=C(c2ccc(C(N)=NC=NC)cc2)CC1. The van der Waals surface area contributed by atoms with Gasteiger partial charge >= 0.3 is 0 Å². The van der Waals surface area contributed by atoms with E-state index in [1.165, 1.54) is 17.5 Å². The van der Waals surface area contributed by atoms with Gasteiger partial charge in [0.05, 0.1) is 11.1 Å². The second-order valence-electron chi connectivity index (χ2n) is 12.7. The first-order valence-electron chi connectivity index (χ1n) is 16.1. The third-order valence-electron chi connectivity index (χ3n) is 9.68. The van der Waals surface area contributed by atoms with Gasteiger partial charge in [-0.1, -0.05) is 36.9 Å². The number of anilines is 2. The summed E-state index contributed by atoms with van der Waals surface area (Å²) < 4.78 is 0. The van der Waals surface area contributed by atoms with E-state index in [2.05, 4.69) is 49.6 Å². The van der Waals surface area contributed by atoms with Crippen LogP contribution in [0.2, 0.25) is 0 Å². The highest BCUT2D eigenvalue weighted by molar-refractivity contribution is 6.14. The number of carbonyl (C=O) groups excluding carboxylic acids is 1. The van der Waals surface area contributed by atoms with Crippen LogP contribution in [0.4, 0.5) is 11.4 Å². The number of aryl methyl sites for hydroxylation is 1. The standard InChI is InChI=1S/C37H43N9O/c1-25-20-30(10-15-42-25)34(39)32-21-31(8-9-33(32)38)46-19-14-37(36(46)47)13-18-44(23-37)22-26(2)45-16-11-28(12-17-45)27-4-6-29(7-5-27)35(40)43-24-41-3/h4-11,15,20-21,24,39H,2,12-14,16-19,22-23,38H2,1,3H3,(H2,40,41,43)/t37-/m1/s1. The van der Waals surface area contributed by atoms with Gasteiger partial charge in [0.15, 0.2) is 0 Å². The van der Waals surface area contributed by atoms with Crippen molar-refractivity contribution in [1.29, 1.82) is 5.41 Å². The number of nitrogens with two attached hydrogens (primary N) is 2. The molecule has 5 N–H and O–H groups in total. The summed E-state index contributed by atoms with van der Waals surface area (Å²) in [6.45, 7) is 11.1. The number of hydrogen-bond donors (Lipinski definition) is 3. The maximum absolute atomic E-state index is 14.0. The minimum Gasteiger partial charge on any atom is -0.398 e. The van der Waals surface area contributed by atoms with Crippen molar-refractivity contribution in [3.63, 3.8) is 0 Å². The Hall–Kier alpha value is -5.09. The molecule has 0 saturated carbocycles. The van der Waals surface area contributed by atoms with Crippen LogP contribution in [0.25, 0.3) is 5.57 Å². The first-order valence-corrected chi connectivity index (χ1v) is 16.1. The smallest absolute Gasteiger partial charge is 0.234 e. The molecule has 3 aromatic rings. The summed E-state index contributed by atoms with van der Waals surface area (Å²) in [6.07, 6.45) is 8.02. The molecule has 0 unspecified atom stereocenters. The van der Waals surface area contributed by atoms with Crippen molar-refractivity contribution >= 4 is 40.7 Å². The highest BCUT2D eigenvalue weighted by atomic mass is 16.2. The van der Waals surface area contributed by atoms with Gasteiger partial charge in [0.25, 0.3) is 0 Å². The molecule has 0 bridgehead atoms. The molecule has 1 aromatic heterocycles. The molecule has 6 rings (SSSR count). The number of amidine groups is 1. The third-order valence-corrected chi connectivity index (χ3v) is 9.68. The molecule has 10 heteroatoms. The van der Waals surface area contributed by atoms with Gasteiger partial charge in [0, 0.05) is 85.4 Å². The van der Waals surface area contributed by atoms with Gasteiger partial charge in [-0.3, -0.25) is 25.1 Å². The van der Waals surface area contributed by atoms with Crippen molar-refractivity contribution in [2.45, 2.75) is 26.2 Å². The summed E-state index contributed by atoms with van der Waals surface area (Å²) in [5, 5.41) is 8.81. The Balaban J connectivity index is 1.06. The Morgan fingerprint density at radius 1 is 1.09 bits per heavy atom. The molecule has 2 aromatic carbocycles. The van der Waals surface area contributed by atoms with Gasteiger partial charge < -0.3 is 21.3 Å². The topological polar surface area (TPSA) is 140 Å². The van der Waals surface area contributed by atoms with Crippen LogP contribution in [0, 0.1) is 17.7 Å². The van der Waals surface area contributed by atoms with E-state index in [0.29, 0.717) is 29.3 Å². The number of aromatic nitrogens is 1. The molecule has 242 valence electrons. The molecule has 2 saturated heterocycles. The summed E-state index contributed by atoms with van der Waals surface area (Å²) in [7, 11) is 1.67. The number of nitrogens with zero attached hydrogens (tertiary/aromatic N) is 6. The van der Waals surface area contributed by atoms with E-state index in [9.17, 15) is 4.79 Å². The molecule has 3 aliphatic rings. The maximum atomic E-state index is 14.0. The molecule has 47 heavy (non-hydrogen) atoms. The highest BCUT2D eigenvalue weighted by Gasteiger charge is 2.51. The second-order valence-corrected chi connectivity index (χ2v) is 12.7. The van der Waals surface area contributed by atoms with Gasteiger partial charge in [0.2, 0.25) is 5.91 Å². The van der Waals surface area contributed by atoms with E-state index in [-0.39, 0.29) is 5.91 Å². The average molecular weight is 630 g/mol. The van der Waals surface area contributed by atoms with Crippen LogP contribution in [0.5, 0.6) is 0 Å². The lowest BCUT2D eigenvalue weighted by molar-refractivity contribution is -0.125. The van der Waals surface area contributed by atoms with E-state index >= 15 is 0 Å². The predicted molar refractivity (Wildman–Crippen MR) is 191 cm³/mol. The quantitative estimate of drug-likeness (QED) is 0.181. The first-order chi connectivity index (χ1) is 22.7. The van der Waals surface area contributed by atoms with Crippen LogP contribution in [0.1, 0.15) is 47.2 Å². The van der Waals surface area contributed by atoms with E-state index in [1.54, 1.807) is 19.3 Å². The Kier molecular flexibility index (Phi) is 9.04. The van der Waals surface area contributed by atoms with Crippen molar-refractivity contribution in [2.24, 2.45) is 21.1 Å². The number of nitrogen functional groups attached to an aromatic ring is 1. The number of nitrogens with one attached hydrogen (secondary N) is 1. The average Bonchev–Trinajstić information content (AvgIpc) is 3.65. The number of amides is 1. The van der Waals surface area contributed by atoms with Gasteiger partial charge in [-0.05, 0) is 74.2 Å². The molecular weight excluding hydrogens is 586 g/mol. The fourth-order valence-electron chi connectivity index (χ4n) is 6.95. The lowest BCUT2D eigenvalue weighted by atomic mass is 9.85. The molecule has 10 nitrogen and oxygen atoms in total. The zero-order chi connectivity index (χ0) is 33.1. The number of likely N-dealkylation sites (tertiary alicyclic amines) is 1. The molecule has 1 spiro atoms. The number of aliphatic imine (C=N–C) groups is 2.